The van der Waals surface area contributed by atoms with Crippen LogP contribution in [0.2, 0.25) is 5.02 Å². The molecule has 0 saturated carbocycles. The van der Waals surface area contributed by atoms with Gasteiger partial charge in [0, 0.05) is 5.56 Å². The minimum absolute atomic E-state index is 0.0320. The fourth-order valence-electron chi connectivity index (χ4n) is 1.07. The fraction of sp³-hybridized carbons (Fsp3) is 0.364. The molecule has 0 saturated heterocycles. The minimum atomic E-state index is -0.0320. The first-order chi connectivity index (χ1) is 7.00. The van der Waals surface area contributed by atoms with Gasteiger partial charge in [0.1, 0.15) is 11.6 Å². The summed E-state index contributed by atoms with van der Waals surface area (Å²) in [5, 5.41) is 7.72. The van der Waals surface area contributed by atoms with Gasteiger partial charge in [-0.15, -0.1) is 0 Å². The van der Waals surface area contributed by atoms with Crippen LogP contribution in [0.5, 0.6) is 5.75 Å². The summed E-state index contributed by atoms with van der Waals surface area (Å²) in [6, 6.07) is 5.14. The summed E-state index contributed by atoms with van der Waals surface area (Å²) in [6.07, 6.45) is 0. The summed E-state index contributed by atoms with van der Waals surface area (Å²) in [7, 11) is 0. The Morgan fingerprint density at radius 1 is 1.53 bits per heavy atom. The number of hydrogen-bond donors (Lipinski definition) is 2. The first-order valence-corrected chi connectivity index (χ1v) is 5.15. The third kappa shape index (κ3) is 3.44. The quantitative estimate of drug-likeness (QED) is 0.613. The molecule has 0 aliphatic rings. The highest BCUT2D eigenvalue weighted by Gasteiger charge is 2.05. The molecule has 1 aromatic rings. The highest BCUT2D eigenvalue weighted by atomic mass is 35.5. The number of amidine groups is 1. The Kier molecular flexibility index (Phi) is 3.97. The Labute approximate surface area is 94.7 Å². The highest BCUT2D eigenvalue weighted by Crippen LogP contribution is 2.22. The maximum atomic E-state index is 7.27. The third-order valence-electron chi connectivity index (χ3n) is 1.81. The van der Waals surface area contributed by atoms with Crippen LogP contribution in [0.25, 0.3) is 0 Å². The van der Waals surface area contributed by atoms with Gasteiger partial charge in [-0.05, 0) is 24.1 Å². The molecule has 0 bridgehead atoms. The maximum absolute atomic E-state index is 7.27. The van der Waals surface area contributed by atoms with Gasteiger partial charge < -0.3 is 10.5 Å². The number of ether oxygens (including phenoxy) is 1. The lowest BCUT2D eigenvalue weighted by atomic mass is 10.2. The SMILES string of the molecule is CC(C)COc1ccc(C(=N)N)c(Cl)c1. The van der Waals surface area contributed by atoms with E-state index in [0.717, 1.165) is 0 Å². The van der Waals surface area contributed by atoms with Crippen LogP contribution in [0.1, 0.15) is 19.4 Å². The number of halogens is 1. The number of nitrogens with two attached hydrogens (primary N) is 1. The molecule has 0 unspecified atom stereocenters. The minimum Gasteiger partial charge on any atom is -0.493 e. The van der Waals surface area contributed by atoms with Gasteiger partial charge in [-0.1, -0.05) is 25.4 Å². The van der Waals surface area contributed by atoms with Gasteiger partial charge in [0.15, 0.2) is 0 Å². The smallest absolute Gasteiger partial charge is 0.124 e. The molecule has 0 aliphatic heterocycles. The molecule has 0 amide bonds. The van der Waals surface area contributed by atoms with E-state index in [4.69, 9.17) is 27.5 Å². The number of rotatable bonds is 4. The molecule has 3 N–H and O–H groups in total. The van der Waals surface area contributed by atoms with Gasteiger partial charge in [0.25, 0.3) is 0 Å². The van der Waals surface area contributed by atoms with Gasteiger partial charge in [-0.3, -0.25) is 5.41 Å². The Bertz CT molecular complexity index is 364. The molecule has 3 nitrogen and oxygen atoms in total. The summed E-state index contributed by atoms with van der Waals surface area (Å²) in [5.74, 6) is 1.14. The average Bonchev–Trinajstić information content (AvgIpc) is 2.14. The van der Waals surface area contributed by atoms with Crippen LogP contribution in [-0.4, -0.2) is 12.4 Å². The summed E-state index contributed by atoms with van der Waals surface area (Å²) in [6.45, 7) is 4.80. The number of hydrogen-bond acceptors (Lipinski definition) is 2. The lowest BCUT2D eigenvalue weighted by Crippen LogP contribution is -2.12. The number of benzene rings is 1. The maximum Gasteiger partial charge on any atom is 0.124 e. The van der Waals surface area contributed by atoms with E-state index in [1.807, 2.05) is 0 Å². The second-order valence-corrected chi connectivity index (χ2v) is 4.17. The molecule has 1 rings (SSSR count). The molecule has 0 spiro atoms. The van der Waals surface area contributed by atoms with Crippen LogP contribution >= 0.6 is 11.6 Å². The summed E-state index contributed by atoms with van der Waals surface area (Å²) in [5.41, 5.74) is 5.88. The van der Waals surface area contributed by atoms with Crippen molar-refractivity contribution in [2.45, 2.75) is 13.8 Å². The van der Waals surface area contributed by atoms with Gasteiger partial charge in [0.05, 0.1) is 11.6 Å². The van der Waals surface area contributed by atoms with E-state index in [1.165, 1.54) is 0 Å². The molecule has 0 aliphatic carbocycles. The van der Waals surface area contributed by atoms with Crippen LogP contribution < -0.4 is 10.5 Å². The zero-order valence-electron chi connectivity index (χ0n) is 8.88. The van der Waals surface area contributed by atoms with E-state index in [9.17, 15) is 0 Å². The van der Waals surface area contributed by atoms with Gasteiger partial charge in [0.2, 0.25) is 0 Å². The van der Waals surface area contributed by atoms with Crippen LogP contribution in [0.3, 0.4) is 0 Å². The van der Waals surface area contributed by atoms with Crippen LogP contribution in [0.15, 0.2) is 18.2 Å². The Morgan fingerprint density at radius 3 is 2.67 bits per heavy atom. The molecule has 0 radical (unpaired) electrons. The van der Waals surface area contributed by atoms with Crippen molar-refractivity contribution in [2.24, 2.45) is 11.7 Å². The summed E-state index contributed by atoms with van der Waals surface area (Å²) >= 11 is 5.94. The highest BCUT2D eigenvalue weighted by molar-refractivity contribution is 6.34. The van der Waals surface area contributed by atoms with Crippen molar-refractivity contribution in [3.8, 4) is 5.75 Å². The third-order valence-corrected chi connectivity index (χ3v) is 2.13. The van der Waals surface area contributed by atoms with Crippen LogP contribution in [-0.2, 0) is 0 Å². The molecular weight excluding hydrogens is 212 g/mol. The molecule has 0 fully saturated rings. The lowest BCUT2D eigenvalue weighted by Gasteiger charge is -2.10. The second-order valence-electron chi connectivity index (χ2n) is 3.76. The molecule has 0 heterocycles. The first-order valence-electron chi connectivity index (χ1n) is 4.77. The van der Waals surface area contributed by atoms with E-state index >= 15 is 0 Å². The molecule has 0 atom stereocenters. The van der Waals surface area contributed by atoms with E-state index in [0.29, 0.717) is 28.9 Å². The molecule has 15 heavy (non-hydrogen) atoms. The van der Waals surface area contributed by atoms with Crippen molar-refractivity contribution in [3.05, 3.63) is 28.8 Å². The van der Waals surface area contributed by atoms with Crippen molar-refractivity contribution in [1.82, 2.24) is 0 Å². The predicted molar refractivity (Wildman–Crippen MR) is 62.8 cm³/mol. The normalized spacial score (nSPS) is 10.4. The molecule has 82 valence electrons. The Morgan fingerprint density at radius 2 is 2.20 bits per heavy atom. The monoisotopic (exact) mass is 226 g/mol. The van der Waals surface area contributed by atoms with Gasteiger partial charge in [-0.2, -0.15) is 0 Å². The van der Waals surface area contributed by atoms with Crippen molar-refractivity contribution in [2.75, 3.05) is 6.61 Å². The van der Waals surface area contributed by atoms with E-state index in [1.54, 1.807) is 18.2 Å². The summed E-state index contributed by atoms with van der Waals surface area (Å²) < 4.78 is 5.49. The fourth-order valence-corrected chi connectivity index (χ4v) is 1.34. The molecule has 1 aromatic carbocycles. The molecule has 0 aromatic heterocycles. The lowest BCUT2D eigenvalue weighted by molar-refractivity contribution is 0.271. The Hall–Kier alpha value is -1.22. The van der Waals surface area contributed by atoms with Gasteiger partial charge >= 0.3 is 0 Å². The standard InChI is InChI=1S/C11H15ClN2O/c1-7(2)6-15-8-3-4-9(11(13)14)10(12)5-8/h3-5,7H,6H2,1-2H3,(H3,13,14). The molecular formula is C11H15ClN2O. The molecule has 4 heteroatoms. The second kappa shape index (κ2) is 5.03. The van der Waals surface area contributed by atoms with Crippen molar-refractivity contribution < 1.29 is 4.74 Å². The number of nitrogens with one attached hydrogen (secondary N) is 1. The van der Waals surface area contributed by atoms with Crippen molar-refractivity contribution in [3.63, 3.8) is 0 Å². The summed E-state index contributed by atoms with van der Waals surface area (Å²) in [4.78, 5) is 0. The Balaban J connectivity index is 2.78. The van der Waals surface area contributed by atoms with E-state index in [-0.39, 0.29) is 5.84 Å². The average molecular weight is 227 g/mol. The van der Waals surface area contributed by atoms with Crippen LogP contribution in [0, 0.1) is 11.3 Å². The topological polar surface area (TPSA) is 59.1 Å². The first kappa shape index (κ1) is 11.9. The van der Waals surface area contributed by atoms with Gasteiger partial charge in [-0.25, -0.2) is 0 Å². The zero-order valence-corrected chi connectivity index (χ0v) is 9.64. The largest absolute Gasteiger partial charge is 0.493 e. The predicted octanol–water partition coefficient (Wildman–Crippen LogP) is 2.66. The zero-order chi connectivity index (χ0) is 11.4. The van der Waals surface area contributed by atoms with Crippen molar-refractivity contribution >= 4 is 17.4 Å². The number of nitrogen functional groups attached to an aromatic ring is 1. The van der Waals surface area contributed by atoms with E-state index < -0.39 is 0 Å². The van der Waals surface area contributed by atoms with Crippen molar-refractivity contribution in [1.29, 1.82) is 5.41 Å². The van der Waals surface area contributed by atoms with E-state index in [2.05, 4.69) is 13.8 Å². The van der Waals surface area contributed by atoms with Crippen LogP contribution in [0.4, 0.5) is 0 Å².